The fraction of sp³-hybridized carbons (Fsp3) is 0.400. The molecular weight excluding hydrogens is 240 g/mol. The van der Waals surface area contributed by atoms with E-state index in [1.807, 2.05) is 18.4 Å². The zero-order valence-electron chi connectivity index (χ0n) is 10.6. The van der Waals surface area contributed by atoms with Crippen molar-refractivity contribution >= 4 is 11.3 Å². The highest BCUT2D eigenvalue weighted by Gasteiger charge is 2.21. The van der Waals surface area contributed by atoms with Gasteiger partial charge in [-0.3, -0.25) is 0 Å². The maximum absolute atomic E-state index is 4.81. The maximum Gasteiger partial charge on any atom is 0.110 e. The Labute approximate surface area is 112 Å². The summed E-state index contributed by atoms with van der Waals surface area (Å²) < 4.78 is 0. The van der Waals surface area contributed by atoms with Gasteiger partial charge in [0, 0.05) is 4.88 Å². The first-order valence-electron chi connectivity index (χ1n) is 6.56. The number of nitrogens with zero attached hydrogens (tertiary/aromatic N) is 1. The first kappa shape index (κ1) is 11.9. The number of aromatic nitrogens is 1. The van der Waals surface area contributed by atoms with Gasteiger partial charge in [-0.05, 0) is 38.3 Å². The van der Waals surface area contributed by atoms with E-state index in [0.29, 0.717) is 6.04 Å². The Kier molecular flexibility index (Phi) is 3.43. The Balaban J connectivity index is 1.79. The van der Waals surface area contributed by atoms with Crippen molar-refractivity contribution in [1.29, 1.82) is 0 Å². The molecule has 2 aromatic rings. The molecule has 18 heavy (non-hydrogen) atoms. The van der Waals surface area contributed by atoms with Crippen LogP contribution in [0.25, 0.3) is 0 Å². The van der Waals surface area contributed by atoms with Gasteiger partial charge < -0.3 is 5.32 Å². The fourth-order valence-corrected chi connectivity index (χ4v) is 3.79. The second kappa shape index (κ2) is 5.21. The molecule has 1 heterocycles. The van der Waals surface area contributed by atoms with Crippen molar-refractivity contribution in [2.75, 3.05) is 7.05 Å². The second-order valence-electron chi connectivity index (χ2n) is 4.81. The molecule has 94 valence electrons. The van der Waals surface area contributed by atoms with Crippen LogP contribution in [0.15, 0.2) is 30.3 Å². The van der Waals surface area contributed by atoms with Crippen molar-refractivity contribution in [3.8, 4) is 0 Å². The molecule has 1 aromatic heterocycles. The Morgan fingerprint density at radius 2 is 2.11 bits per heavy atom. The third-order valence-electron chi connectivity index (χ3n) is 3.54. The number of fused-ring (bicyclic) bond motifs is 1. The lowest BCUT2D eigenvalue weighted by atomic mass is 10.1. The summed E-state index contributed by atoms with van der Waals surface area (Å²) in [4.78, 5) is 6.33. The summed E-state index contributed by atoms with van der Waals surface area (Å²) >= 11 is 1.90. The average molecular weight is 258 g/mol. The van der Waals surface area contributed by atoms with E-state index in [4.69, 9.17) is 4.98 Å². The lowest BCUT2D eigenvalue weighted by Crippen LogP contribution is -2.18. The first-order valence-corrected chi connectivity index (χ1v) is 7.38. The van der Waals surface area contributed by atoms with Gasteiger partial charge in [-0.2, -0.15) is 0 Å². The minimum absolute atomic E-state index is 0.350. The van der Waals surface area contributed by atoms with Gasteiger partial charge in [0.2, 0.25) is 0 Å². The van der Waals surface area contributed by atoms with Crippen molar-refractivity contribution in [2.45, 2.75) is 31.7 Å². The monoisotopic (exact) mass is 258 g/mol. The molecule has 0 radical (unpaired) electrons. The van der Waals surface area contributed by atoms with Crippen LogP contribution in [0.2, 0.25) is 0 Å². The van der Waals surface area contributed by atoms with Crippen LogP contribution in [0.4, 0.5) is 0 Å². The molecule has 0 aliphatic heterocycles. The number of nitrogens with one attached hydrogen (secondary N) is 1. The molecular formula is C15H18N2S. The van der Waals surface area contributed by atoms with E-state index in [2.05, 4.69) is 35.6 Å². The summed E-state index contributed by atoms with van der Waals surface area (Å²) in [6, 6.07) is 11.0. The van der Waals surface area contributed by atoms with E-state index in [1.165, 1.54) is 40.4 Å². The molecule has 0 amide bonds. The SMILES string of the molecule is CNC(Cc1ccccc1)c1nc2c(s1)CCC2. The highest BCUT2D eigenvalue weighted by molar-refractivity contribution is 7.11. The zero-order valence-corrected chi connectivity index (χ0v) is 11.5. The summed E-state index contributed by atoms with van der Waals surface area (Å²) in [6.45, 7) is 0. The van der Waals surface area contributed by atoms with Crippen molar-refractivity contribution in [3.63, 3.8) is 0 Å². The number of benzene rings is 1. The predicted molar refractivity (Wildman–Crippen MR) is 76.1 cm³/mol. The Morgan fingerprint density at radius 3 is 2.83 bits per heavy atom. The number of thiazole rings is 1. The lowest BCUT2D eigenvalue weighted by molar-refractivity contribution is 0.586. The molecule has 0 spiro atoms. The normalized spacial score (nSPS) is 15.6. The zero-order chi connectivity index (χ0) is 12.4. The molecule has 0 fully saturated rings. The van der Waals surface area contributed by atoms with Crippen LogP contribution < -0.4 is 5.32 Å². The molecule has 0 saturated carbocycles. The molecule has 1 atom stereocenters. The molecule has 1 aromatic carbocycles. The van der Waals surface area contributed by atoms with E-state index in [1.54, 1.807) is 0 Å². The summed E-state index contributed by atoms with van der Waals surface area (Å²) in [5, 5.41) is 4.66. The number of likely N-dealkylation sites (N-methyl/N-ethyl adjacent to an activating group) is 1. The largest absolute Gasteiger partial charge is 0.311 e. The fourth-order valence-electron chi connectivity index (χ4n) is 2.52. The second-order valence-corrected chi connectivity index (χ2v) is 5.92. The van der Waals surface area contributed by atoms with Crippen molar-refractivity contribution < 1.29 is 0 Å². The van der Waals surface area contributed by atoms with E-state index in [9.17, 15) is 0 Å². The molecule has 3 heteroatoms. The standard InChI is InChI=1S/C15H18N2S/c1-16-13(10-11-6-3-2-4-7-11)15-17-12-8-5-9-14(12)18-15/h2-4,6-7,13,16H,5,8-10H2,1H3. The van der Waals surface area contributed by atoms with Gasteiger partial charge in [-0.1, -0.05) is 30.3 Å². The molecule has 1 aliphatic carbocycles. The Bertz CT molecular complexity index is 497. The summed E-state index contributed by atoms with van der Waals surface area (Å²) in [6.07, 6.45) is 4.71. The van der Waals surface area contributed by atoms with Crippen molar-refractivity contribution in [2.24, 2.45) is 0 Å². The molecule has 3 rings (SSSR count). The lowest BCUT2D eigenvalue weighted by Gasteiger charge is -2.13. The minimum atomic E-state index is 0.350. The molecule has 0 saturated heterocycles. The van der Waals surface area contributed by atoms with E-state index >= 15 is 0 Å². The van der Waals surface area contributed by atoms with Gasteiger partial charge in [-0.15, -0.1) is 11.3 Å². The highest BCUT2D eigenvalue weighted by atomic mass is 32.1. The highest BCUT2D eigenvalue weighted by Crippen LogP contribution is 2.31. The molecule has 1 unspecified atom stereocenters. The number of hydrogen-bond acceptors (Lipinski definition) is 3. The summed E-state index contributed by atoms with van der Waals surface area (Å²) in [5.74, 6) is 0. The van der Waals surface area contributed by atoms with E-state index in [-0.39, 0.29) is 0 Å². The van der Waals surface area contributed by atoms with Crippen molar-refractivity contribution in [3.05, 3.63) is 51.5 Å². The first-order chi connectivity index (χ1) is 8.86. The van der Waals surface area contributed by atoms with Gasteiger partial charge in [0.15, 0.2) is 0 Å². The van der Waals surface area contributed by atoms with Crippen LogP contribution in [-0.2, 0) is 19.3 Å². The number of rotatable bonds is 4. The van der Waals surface area contributed by atoms with Crippen LogP contribution in [-0.4, -0.2) is 12.0 Å². The van der Waals surface area contributed by atoms with Gasteiger partial charge in [-0.25, -0.2) is 4.98 Å². The van der Waals surface area contributed by atoms with Crippen molar-refractivity contribution in [1.82, 2.24) is 10.3 Å². The molecule has 2 nitrogen and oxygen atoms in total. The van der Waals surface area contributed by atoms with Gasteiger partial charge in [0.1, 0.15) is 5.01 Å². The van der Waals surface area contributed by atoms with E-state index < -0.39 is 0 Å². The van der Waals surface area contributed by atoms with Gasteiger partial charge in [0.25, 0.3) is 0 Å². The average Bonchev–Trinajstić information content (AvgIpc) is 2.98. The maximum atomic E-state index is 4.81. The van der Waals surface area contributed by atoms with E-state index in [0.717, 1.165) is 6.42 Å². The van der Waals surface area contributed by atoms with Crippen LogP contribution in [0, 0.1) is 0 Å². The summed E-state index contributed by atoms with van der Waals surface area (Å²) in [5.41, 5.74) is 2.72. The number of aryl methyl sites for hydroxylation is 2. The molecule has 1 N–H and O–H groups in total. The van der Waals surface area contributed by atoms with Gasteiger partial charge >= 0.3 is 0 Å². The van der Waals surface area contributed by atoms with Gasteiger partial charge in [0.05, 0.1) is 11.7 Å². The van der Waals surface area contributed by atoms with Crippen LogP contribution in [0.3, 0.4) is 0 Å². The third kappa shape index (κ3) is 2.33. The molecule has 0 bridgehead atoms. The topological polar surface area (TPSA) is 24.9 Å². The Morgan fingerprint density at radius 1 is 1.28 bits per heavy atom. The third-order valence-corrected chi connectivity index (χ3v) is 4.81. The Hall–Kier alpha value is -1.19. The smallest absolute Gasteiger partial charge is 0.110 e. The summed E-state index contributed by atoms with van der Waals surface area (Å²) in [7, 11) is 2.03. The van der Waals surface area contributed by atoms with Crippen LogP contribution >= 0.6 is 11.3 Å². The predicted octanol–water partition coefficient (Wildman–Crippen LogP) is 3.14. The van der Waals surface area contributed by atoms with Crippen LogP contribution in [0.5, 0.6) is 0 Å². The minimum Gasteiger partial charge on any atom is -0.311 e. The number of hydrogen-bond donors (Lipinski definition) is 1. The molecule has 1 aliphatic rings. The quantitative estimate of drug-likeness (QED) is 0.911. The van der Waals surface area contributed by atoms with Crippen LogP contribution in [0.1, 0.15) is 33.6 Å².